The zero-order chi connectivity index (χ0) is 17.8. The van der Waals surface area contributed by atoms with Gasteiger partial charge in [-0.3, -0.25) is 14.8 Å². The lowest BCUT2D eigenvalue weighted by Gasteiger charge is -2.28. The average molecular weight is 342 g/mol. The largest absolute Gasteiger partial charge is 0.323 e. The molecule has 1 fully saturated rings. The second-order valence-electron chi connectivity index (χ2n) is 6.86. The Kier molecular flexibility index (Phi) is 5.43. The molecule has 134 valence electrons. The topological polar surface area (TPSA) is 86.8 Å². The Morgan fingerprint density at radius 2 is 2.28 bits per heavy atom. The van der Waals surface area contributed by atoms with Crippen LogP contribution in [-0.4, -0.2) is 43.6 Å². The summed E-state index contributed by atoms with van der Waals surface area (Å²) < 4.78 is 0. The molecule has 0 radical (unpaired) electrons. The third-order valence-corrected chi connectivity index (χ3v) is 4.60. The molecule has 0 saturated carbocycles. The number of aromatic amines is 1. The van der Waals surface area contributed by atoms with Crippen LogP contribution in [0.3, 0.4) is 0 Å². The predicted octanol–water partition coefficient (Wildman–Crippen LogP) is 2.62. The number of anilines is 1. The fourth-order valence-corrected chi connectivity index (χ4v) is 3.46. The number of H-pyrrole nitrogens is 1. The van der Waals surface area contributed by atoms with Crippen molar-refractivity contribution in [2.45, 2.75) is 58.5 Å². The molecule has 0 bridgehead atoms. The zero-order valence-corrected chi connectivity index (χ0v) is 15.1. The molecular formula is C18H26N6O. The van der Waals surface area contributed by atoms with Crippen LogP contribution in [-0.2, 0) is 11.2 Å². The van der Waals surface area contributed by atoms with Gasteiger partial charge >= 0.3 is 0 Å². The molecule has 2 N–H and O–H groups in total. The van der Waals surface area contributed by atoms with E-state index in [9.17, 15) is 4.79 Å². The summed E-state index contributed by atoms with van der Waals surface area (Å²) in [5, 5.41) is 9.31. The molecule has 1 aliphatic heterocycles. The van der Waals surface area contributed by atoms with Crippen LogP contribution in [0.4, 0.5) is 5.69 Å². The molecule has 25 heavy (non-hydrogen) atoms. The number of nitrogens with zero attached hydrogens (tertiary/aromatic N) is 4. The standard InChI is InChI=1S/C18H26N6O/c1-12(2)24-8-4-5-17(24)16-9-14(21-13(3)22-16)6-7-18(25)23-15-10-19-20-11-15/h9-12,17H,4-8H2,1-3H3,(H,19,20)(H,23,25). The van der Waals surface area contributed by atoms with E-state index < -0.39 is 0 Å². The number of amides is 1. The van der Waals surface area contributed by atoms with Crippen molar-refractivity contribution in [2.75, 3.05) is 11.9 Å². The van der Waals surface area contributed by atoms with Crippen molar-refractivity contribution in [3.63, 3.8) is 0 Å². The lowest BCUT2D eigenvalue weighted by atomic mass is 10.1. The van der Waals surface area contributed by atoms with Gasteiger partial charge in [0.05, 0.1) is 23.6 Å². The van der Waals surface area contributed by atoms with Gasteiger partial charge in [-0.25, -0.2) is 9.97 Å². The Labute approximate surface area is 148 Å². The first-order valence-electron chi connectivity index (χ1n) is 8.92. The van der Waals surface area contributed by atoms with Gasteiger partial charge in [0.25, 0.3) is 0 Å². The maximum atomic E-state index is 12.0. The van der Waals surface area contributed by atoms with E-state index in [2.05, 4.69) is 50.3 Å². The number of nitrogens with one attached hydrogen (secondary N) is 2. The summed E-state index contributed by atoms with van der Waals surface area (Å²) in [7, 11) is 0. The van der Waals surface area contributed by atoms with E-state index in [0.717, 1.165) is 30.2 Å². The van der Waals surface area contributed by atoms with E-state index in [0.29, 0.717) is 30.6 Å². The van der Waals surface area contributed by atoms with Crippen molar-refractivity contribution in [3.8, 4) is 0 Å². The minimum absolute atomic E-state index is 0.0381. The van der Waals surface area contributed by atoms with Crippen molar-refractivity contribution < 1.29 is 4.79 Å². The van der Waals surface area contributed by atoms with Gasteiger partial charge in [-0.15, -0.1) is 0 Å². The summed E-state index contributed by atoms with van der Waals surface area (Å²) in [5.74, 6) is 0.738. The van der Waals surface area contributed by atoms with Crippen molar-refractivity contribution in [2.24, 2.45) is 0 Å². The normalized spacial score (nSPS) is 18.0. The number of aryl methyl sites for hydroxylation is 2. The Hall–Kier alpha value is -2.28. The Balaban J connectivity index is 1.66. The van der Waals surface area contributed by atoms with Crippen molar-refractivity contribution in [1.29, 1.82) is 0 Å². The molecule has 1 amide bonds. The molecule has 3 heterocycles. The van der Waals surface area contributed by atoms with Crippen LogP contribution in [0.1, 0.15) is 56.4 Å². The molecule has 7 nitrogen and oxygen atoms in total. The van der Waals surface area contributed by atoms with Crippen LogP contribution in [0.15, 0.2) is 18.5 Å². The smallest absolute Gasteiger partial charge is 0.224 e. The molecular weight excluding hydrogens is 316 g/mol. The maximum absolute atomic E-state index is 12.0. The van der Waals surface area contributed by atoms with Gasteiger partial charge in [0, 0.05) is 24.4 Å². The van der Waals surface area contributed by atoms with Gasteiger partial charge in [0.1, 0.15) is 5.82 Å². The van der Waals surface area contributed by atoms with E-state index in [1.807, 2.05) is 6.92 Å². The molecule has 0 aromatic carbocycles. The molecule has 1 aliphatic rings. The first kappa shape index (κ1) is 17.5. The summed E-state index contributed by atoms with van der Waals surface area (Å²) in [6, 6.07) is 2.94. The molecule has 1 atom stereocenters. The van der Waals surface area contributed by atoms with E-state index >= 15 is 0 Å². The summed E-state index contributed by atoms with van der Waals surface area (Å²) in [6.45, 7) is 7.50. The van der Waals surface area contributed by atoms with Crippen LogP contribution in [0.5, 0.6) is 0 Å². The molecule has 1 unspecified atom stereocenters. The Bertz CT molecular complexity index is 712. The predicted molar refractivity (Wildman–Crippen MR) is 96.1 cm³/mol. The van der Waals surface area contributed by atoms with Gasteiger partial charge in [0.2, 0.25) is 5.91 Å². The highest BCUT2D eigenvalue weighted by Crippen LogP contribution is 2.32. The fraction of sp³-hybridized carbons (Fsp3) is 0.556. The summed E-state index contributed by atoms with van der Waals surface area (Å²) in [4.78, 5) is 23.7. The number of carbonyl (C=O) groups excluding carboxylic acids is 1. The van der Waals surface area contributed by atoms with Gasteiger partial charge in [0.15, 0.2) is 0 Å². The van der Waals surface area contributed by atoms with Crippen molar-refractivity contribution >= 4 is 11.6 Å². The summed E-state index contributed by atoms with van der Waals surface area (Å²) in [5.41, 5.74) is 2.70. The van der Waals surface area contributed by atoms with Crippen molar-refractivity contribution in [3.05, 3.63) is 35.7 Å². The van der Waals surface area contributed by atoms with Crippen molar-refractivity contribution in [1.82, 2.24) is 25.1 Å². The quantitative estimate of drug-likeness (QED) is 0.843. The zero-order valence-electron chi connectivity index (χ0n) is 15.1. The number of likely N-dealkylation sites (tertiary alicyclic amines) is 1. The minimum Gasteiger partial charge on any atom is -0.323 e. The highest BCUT2D eigenvalue weighted by atomic mass is 16.1. The number of hydrogen-bond acceptors (Lipinski definition) is 5. The molecule has 0 spiro atoms. The third kappa shape index (κ3) is 4.42. The lowest BCUT2D eigenvalue weighted by molar-refractivity contribution is -0.116. The summed E-state index contributed by atoms with van der Waals surface area (Å²) >= 11 is 0. The lowest BCUT2D eigenvalue weighted by Crippen LogP contribution is -2.31. The van der Waals surface area contributed by atoms with E-state index in [4.69, 9.17) is 0 Å². The minimum atomic E-state index is -0.0381. The van der Waals surface area contributed by atoms with Crippen LogP contribution in [0, 0.1) is 6.92 Å². The molecule has 0 aliphatic carbocycles. The molecule has 3 rings (SSSR count). The SMILES string of the molecule is Cc1nc(CCC(=O)Nc2cn[nH]c2)cc(C2CCCN2C(C)C)n1. The number of carbonyl (C=O) groups is 1. The first-order chi connectivity index (χ1) is 12.0. The Morgan fingerprint density at radius 3 is 3.00 bits per heavy atom. The maximum Gasteiger partial charge on any atom is 0.224 e. The van der Waals surface area contributed by atoms with Gasteiger partial charge < -0.3 is 5.32 Å². The Morgan fingerprint density at radius 1 is 1.44 bits per heavy atom. The van der Waals surface area contributed by atoms with Gasteiger partial charge in [-0.05, 0) is 52.6 Å². The van der Waals surface area contributed by atoms with Crippen LogP contribution < -0.4 is 5.32 Å². The molecule has 7 heteroatoms. The average Bonchev–Trinajstić information content (AvgIpc) is 3.23. The van der Waals surface area contributed by atoms with E-state index in [1.54, 1.807) is 12.4 Å². The second kappa shape index (κ2) is 7.74. The monoisotopic (exact) mass is 342 g/mol. The highest BCUT2D eigenvalue weighted by Gasteiger charge is 2.29. The van der Waals surface area contributed by atoms with E-state index in [1.165, 1.54) is 6.42 Å². The number of aromatic nitrogens is 4. The summed E-state index contributed by atoms with van der Waals surface area (Å²) in [6.07, 6.45) is 6.58. The van der Waals surface area contributed by atoms with Crippen LogP contribution in [0.2, 0.25) is 0 Å². The van der Waals surface area contributed by atoms with Crippen LogP contribution >= 0.6 is 0 Å². The van der Waals surface area contributed by atoms with Crippen LogP contribution in [0.25, 0.3) is 0 Å². The van der Waals surface area contributed by atoms with Gasteiger partial charge in [-0.1, -0.05) is 0 Å². The number of hydrogen-bond donors (Lipinski definition) is 2. The molecule has 2 aromatic heterocycles. The first-order valence-corrected chi connectivity index (χ1v) is 8.92. The molecule has 2 aromatic rings. The second-order valence-corrected chi connectivity index (χ2v) is 6.86. The van der Waals surface area contributed by atoms with E-state index in [-0.39, 0.29) is 5.91 Å². The number of rotatable bonds is 6. The highest BCUT2D eigenvalue weighted by molar-refractivity contribution is 5.90. The fourth-order valence-electron chi connectivity index (χ4n) is 3.46. The van der Waals surface area contributed by atoms with Gasteiger partial charge in [-0.2, -0.15) is 5.10 Å². The third-order valence-electron chi connectivity index (χ3n) is 4.60. The molecule has 1 saturated heterocycles.